The molecule has 2 aliphatic rings. The summed E-state index contributed by atoms with van der Waals surface area (Å²) in [5.74, 6) is 1.34. The van der Waals surface area contributed by atoms with Crippen LogP contribution in [-0.2, 0) is 13.6 Å². The molecular formula is C20H22N8O. The van der Waals surface area contributed by atoms with Crippen LogP contribution >= 0.6 is 0 Å². The van der Waals surface area contributed by atoms with E-state index in [0.717, 1.165) is 35.6 Å². The minimum atomic E-state index is -0.00670. The molecule has 3 aromatic rings. The summed E-state index contributed by atoms with van der Waals surface area (Å²) in [6, 6.07) is 6.02. The number of aromatic nitrogens is 5. The smallest absolute Gasteiger partial charge is 0.251 e. The fourth-order valence-electron chi connectivity index (χ4n) is 3.33. The lowest BCUT2D eigenvalue weighted by atomic mass is 10.1. The van der Waals surface area contributed by atoms with Crippen molar-refractivity contribution in [3.63, 3.8) is 0 Å². The van der Waals surface area contributed by atoms with Crippen molar-refractivity contribution in [3.8, 4) is 0 Å². The zero-order valence-electron chi connectivity index (χ0n) is 16.3. The number of carbonyl (C=O) groups is 1. The number of carbonyl (C=O) groups excluding carboxylic acids is 1. The van der Waals surface area contributed by atoms with Crippen LogP contribution in [0.15, 0.2) is 36.8 Å². The van der Waals surface area contributed by atoms with Crippen LogP contribution < -0.4 is 15.5 Å². The Hall–Kier alpha value is -3.62. The van der Waals surface area contributed by atoms with Crippen molar-refractivity contribution < 1.29 is 4.79 Å². The Bertz CT molecular complexity index is 1110. The number of anilines is 3. The molecule has 1 fully saturated rings. The molecule has 3 heterocycles. The van der Waals surface area contributed by atoms with Crippen LogP contribution in [0.3, 0.4) is 0 Å². The number of amides is 1. The van der Waals surface area contributed by atoms with Crippen LogP contribution in [0.4, 0.5) is 17.3 Å². The molecule has 1 aliphatic carbocycles. The first-order valence-electron chi connectivity index (χ1n) is 9.63. The Kier molecular flexibility index (Phi) is 4.08. The Morgan fingerprint density at radius 3 is 2.83 bits per heavy atom. The largest absolute Gasteiger partial charge is 0.349 e. The number of hydrogen-bond acceptors (Lipinski definition) is 6. The minimum absolute atomic E-state index is 0.00670. The molecule has 29 heavy (non-hydrogen) atoms. The van der Waals surface area contributed by atoms with E-state index in [4.69, 9.17) is 0 Å². The summed E-state index contributed by atoms with van der Waals surface area (Å²) in [4.78, 5) is 19.0. The molecule has 0 atom stereocenters. The van der Waals surface area contributed by atoms with Crippen molar-refractivity contribution in [1.82, 2.24) is 29.9 Å². The quantitative estimate of drug-likeness (QED) is 0.695. The maximum Gasteiger partial charge on any atom is 0.251 e. The number of aryl methyl sites for hydroxylation is 2. The lowest BCUT2D eigenvalue weighted by molar-refractivity contribution is 0.0950. The number of nitrogens with zero attached hydrogens (tertiary/aromatic N) is 6. The van der Waals surface area contributed by atoms with Gasteiger partial charge >= 0.3 is 0 Å². The Balaban J connectivity index is 1.30. The Labute approximate surface area is 168 Å². The molecule has 0 bridgehead atoms. The third kappa shape index (κ3) is 3.58. The Morgan fingerprint density at radius 1 is 1.24 bits per heavy atom. The molecular weight excluding hydrogens is 368 g/mol. The molecule has 1 saturated carbocycles. The second-order valence-electron chi connectivity index (χ2n) is 7.50. The fraction of sp³-hybridized carbons (Fsp3) is 0.300. The summed E-state index contributed by atoms with van der Waals surface area (Å²) in [5, 5.41) is 15.0. The maximum atomic E-state index is 12.3. The highest BCUT2D eigenvalue weighted by atomic mass is 16.1. The highest BCUT2D eigenvalue weighted by Gasteiger charge is 2.24. The standard InChI is InChI=1S/C20H22N8O/c1-13-9-15(5-6-17(13)19(29)22-14-3-4-14)23-20-24-18-12-27(7-8-28(18)25-20)16-10-21-26(2)11-16/h5-11,14H,3-4,12H2,1-2H3,(H,22,29)(H,23,25). The molecule has 1 aliphatic heterocycles. The van der Waals surface area contributed by atoms with E-state index in [-0.39, 0.29) is 5.91 Å². The molecule has 9 heteroatoms. The lowest BCUT2D eigenvalue weighted by Gasteiger charge is -2.20. The molecule has 2 N–H and O–H groups in total. The van der Waals surface area contributed by atoms with Crippen molar-refractivity contribution in [3.05, 3.63) is 53.7 Å². The highest BCUT2D eigenvalue weighted by Crippen LogP contribution is 2.24. The van der Waals surface area contributed by atoms with E-state index in [1.54, 1.807) is 9.36 Å². The van der Waals surface area contributed by atoms with Gasteiger partial charge in [0.25, 0.3) is 5.91 Å². The fourth-order valence-corrected chi connectivity index (χ4v) is 3.33. The normalized spacial score (nSPS) is 15.3. The van der Waals surface area contributed by atoms with Crippen LogP contribution in [0.25, 0.3) is 6.20 Å². The average molecular weight is 390 g/mol. The van der Waals surface area contributed by atoms with Gasteiger partial charge in [0.2, 0.25) is 5.95 Å². The van der Waals surface area contributed by atoms with E-state index in [2.05, 4.69) is 30.7 Å². The summed E-state index contributed by atoms with van der Waals surface area (Å²) < 4.78 is 3.53. The van der Waals surface area contributed by atoms with Crippen molar-refractivity contribution in [1.29, 1.82) is 0 Å². The summed E-state index contributed by atoms with van der Waals surface area (Å²) in [7, 11) is 1.89. The van der Waals surface area contributed by atoms with E-state index in [1.807, 2.05) is 57.0 Å². The van der Waals surface area contributed by atoms with Crippen molar-refractivity contribution >= 4 is 29.4 Å². The van der Waals surface area contributed by atoms with Crippen molar-refractivity contribution in [2.45, 2.75) is 32.4 Å². The van der Waals surface area contributed by atoms with Crippen LogP contribution in [0.2, 0.25) is 0 Å². The van der Waals surface area contributed by atoms with Crippen molar-refractivity contribution in [2.75, 3.05) is 10.2 Å². The molecule has 0 radical (unpaired) electrons. The van der Waals surface area contributed by atoms with Crippen molar-refractivity contribution in [2.24, 2.45) is 7.05 Å². The molecule has 1 aromatic carbocycles. The monoisotopic (exact) mass is 390 g/mol. The lowest BCUT2D eigenvalue weighted by Crippen LogP contribution is -2.26. The molecule has 0 spiro atoms. The number of hydrogen-bond donors (Lipinski definition) is 2. The summed E-state index contributed by atoms with van der Waals surface area (Å²) in [6.45, 7) is 2.54. The molecule has 5 rings (SSSR count). The summed E-state index contributed by atoms with van der Waals surface area (Å²) in [6.07, 6.45) is 9.76. The predicted octanol–water partition coefficient (Wildman–Crippen LogP) is 2.40. The number of nitrogens with one attached hydrogen (secondary N) is 2. The van der Waals surface area contributed by atoms with Gasteiger partial charge in [-0.25, -0.2) is 4.68 Å². The van der Waals surface area contributed by atoms with Crippen LogP contribution in [0.5, 0.6) is 0 Å². The van der Waals surface area contributed by atoms with Gasteiger partial charge in [-0.1, -0.05) is 0 Å². The van der Waals surface area contributed by atoms with Gasteiger partial charge in [-0.05, 0) is 43.5 Å². The molecule has 9 nitrogen and oxygen atoms in total. The second kappa shape index (κ2) is 6.77. The van der Waals surface area contributed by atoms with Crippen LogP contribution in [0.1, 0.15) is 34.6 Å². The maximum absolute atomic E-state index is 12.3. The molecule has 0 saturated heterocycles. The van der Waals surface area contributed by atoms with Gasteiger partial charge in [0.15, 0.2) is 5.82 Å². The first-order valence-corrected chi connectivity index (χ1v) is 9.63. The molecule has 148 valence electrons. The third-order valence-corrected chi connectivity index (χ3v) is 5.06. The topological polar surface area (TPSA) is 92.9 Å². The minimum Gasteiger partial charge on any atom is -0.349 e. The van der Waals surface area contributed by atoms with Gasteiger partial charge in [-0.3, -0.25) is 9.48 Å². The van der Waals surface area contributed by atoms with Gasteiger partial charge in [0.05, 0.1) is 18.4 Å². The third-order valence-electron chi connectivity index (χ3n) is 5.06. The van der Waals surface area contributed by atoms with E-state index >= 15 is 0 Å². The van der Waals surface area contributed by atoms with Gasteiger partial charge < -0.3 is 15.5 Å². The second-order valence-corrected chi connectivity index (χ2v) is 7.50. The van der Waals surface area contributed by atoms with Gasteiger partial charge in [-0.15, -0.1) is 5.10 Å². The van der Waals surface area contributed by atoms with E-state index in [1.165, 1.54) is 0 Å². The first-order chi connectivity index (χ1) is 14.0. The van der Waals surface area contributed by atoms with E-state index in [0.29, 0.717) is 24.1 Å². The first kappa shape index (κ1) is 17.5. The summed E-state index contributed by atoms with van der Waals surface area (Å²) >= 11 is 0. The zero-order chi connectivity index (χ0) is 20.0. The van der Waals surface area contributed by atoms with Gasteiger partial charge in [0, 0.05) is 42.9 Å². The summed E-state index contributed by atoms with van der Waals surface area (Å²) in [5.41, 5.74) is 3.47. The average Bonchev–Trinajstić information content (AvgIpc) is 3.24. The van der Waals surface area contributed by atoms with Crippen LogP contribution in [-0.4, -0.2) is 36.5 Å². The predicted molar refractivity (Wildman–Crippen MR) is 110 cm³/mol. The molecule has 2 aromatic heterocycles. The SMILES string of the molecule is Cc1cc(Nc2nc3n(n2)C=CN(c2cnn(C)c2)C3)ccc1C(=O)NC1CC1. The highest BCUT2D eigenvalue weighted by molar-refractivity contribution is 5.96. The molecule has 0 unspecified atom stereocenters. The van der Waals surface area contributed by atoms with Gasteiger partial charge in [-0.2, -0.15) is 10.1 Å². The number of fused-ring (bicyclic) bond motifs is 1. The number of benzene rings is 1. The van der Waals surface area contributed by atoms with E-state index in [9.17, 15) is 4.79 Å². The number of rotatable bonds is 5. The van der Waals surface area contributed by atoms with Gasteiger partial charge in [0.1, 0.15) is 0 Å². The van der Waals surface area contributed by atoms with E-state index < -0.39 is 0 Å². The zero-order valence-corrected chi connectivity index (χ0v) is 16.3. The molecule has 1 amide bonds. The van der Waals surface area contributed by atoms with Crippen LogP contribution in [0, 0.1) is 6.92 Å². The Morgan fingerprint density at radius 2 is 2.10 bits per heavy atom.